The van der Waals surface area contributed by atoms with Gasteiger partial charge in [-0.25, -0.2) is 9.97 Å². The number of hydrogen-bond donors (Lipinski definition) is 0. The van der Waals surface area contributed by atoms with Crippen LogP contribution in [0.25, 0.3) is 0 Å². The number of likely N-dealkylation sites (tertiary alicyclic amines) is 1. The minimum atomic E-state index is 0.716. The van der Waals surface area contributed by atoms with Crippen LogP contribution in [0.3, 0.4) is 0 Å². The molecule has 23 heavy (non-hydrogen) atoms. The van der Waals surface area contributed by atoms with Crippen LogP contribution in [0.1, 0.15) is 22.7 Å². The van der Waals surface area contributed by atoms with Gasteiger partial charge in [0.05, 0.1) is 12.2 Å². The number of hydrogen-bond acceptors (Lipinski definition) is 6. The Morgan fingerprint density at radius 1 is 1.09 bits per heavy atom. The molecule has 4 heterocycles. The van der Waals surface area contributed by atoms with Gasteiger partial charge in [0.15, 0.2) is 5.76 Å². The predicted octanol–water partition coefficient (Wildman–Crippen LogP) is 1.96. The van der Waals surface area contributed by atoms with Gasteiger partial charge in [-0.15, -0.1) is 0 Å². The maximum Gasteiger partial charge on any atom is 0.150 e. The van der Waals surface area contributed by atoms with E-state index in [1.807, 2.05) is 13.0 Å². The van der Waals surface area contributed by atoms with Gasteiger partial charge in [0, 0.05) is 43.5 Å². The zero-order chi connectivity index (χ0) is 16.0. The van der Waals surface area contributed by atoms with Crippen LogP contribution in [0.15, 0.2) is 16.9 Å². The lowest BCUT2D eigenvalue weighted by Crippen LogP contribution is -2.29. The summed E-state index contributed by atoms with van der Waals surface area (Å²) >= 11 is 0. The molecular weight excluding hydrogens is 290 g/mol. The zero-order valence-electron chi connectivity index (χ0n) is 14.0. The average Bonchev–Trinajstić information content (AvgIpc) is 3.17. The van der Waals surface area contributed by atoms with Crippen molar-refractivity contribution < 1.29 is 4.52 Å². The van der Waals surface area contributed by atoms with Crippen molar-refractivity contribution in [2.24, 2.45) is 11.8 Å². The molecule has 0 radical (unpaired) electrons. The van der Waals surface area contributed by atoms with Gasteiger partial charge in [0.1, 0.15) is 12.1 Å². The molecule has 6 heteroatoms. The van der Waals surface area contributed by atoms with Crippen LogP contribution in [-0.4, -0.2) is 46.2 Å². The van der Waals surface area contributed by atoms with Crippen molar-refractivity contribution in [2.75, 3.05) is 31.1 Å². The molecule has 2 aromatic rings. The first-order chi connectivity index (χ1) is 11.1. The predicted molar refractivity (Wildman–Crippen MR) is 87.2 cm³/mol. The smallest absolute Gasteiger partial charge is 0.150 e. The van der Waals surface area contributed by atoms with Gasteiger partial charge in [-0.05, 0) is 32.6 Å². The fourth-order valence-corrected chi connectivity index (χ4v) is 3.95. The molecule has 2 aromatic heterocycles. The topological polar surface area (TPSA) is 58.3 Å². The van der Waals surface area contributed by atoms with E-state index in [-0.39, 0.29) is 0 Å². The second-order valence-electron chi connectivity index (χ2n) is 6.96. The molecule has 2 atom stereocenters. The quantitative estimate of drug-likeness (QED) is 0.863. The first-order valence-corrected chi connectivity index (χ1v) is 8.28. The van der Waals surface area contributed by atoms with E-state index < -0.39 is 0 Å². The van der Waals surface area contributed by atoms with E-state index in [9.17, 15) is 0 Å². The van der Waals surface area contributed by atoms with E-state index in [4.69, 9.17) is 4.52 Å². The Hall–Kier alpha value is -1.95. The molecule has 0 bridgehead atoms. The van der Waals surface area contributed by atoms with Crippen molar-refractivity contribution in [3.8, 4) is 0 Å². The highest BCUT2D eigenvalue weighted by atomic mass is 16.5. The molecule has 0 amide bonds. The van der Waals surface area contributed by atoms with Crippen molar-refractivity contribution >= 4 is 5.82 Å². The van der Waals surface area contributed by atoms with E-state index in [1.165, 1.54) is 5.56 Å². The molecule has 122 valence electrons. The summed E-state index contributed by atoms with van der Waals surface area (Å²) in [5.41, 5.74) is 3.25. The Balaban J connectivity index is 1.41. The standard InChI is InChI=1S/C17H23N5O/c1-11-4-16(23-20-11)9-21-5-14-7-22(8-15(14)6-21)17-12(2)13(3)18-10-19-17/h4,10,14-15H,5-9H2,1-3H3. The third-order valence-corrected chi connectivity index (χ3v) is 5.23. The second-order valence-corrected chi connectivity index (χ2v) is 6.96. The minimum absolute atomic E-state index is 0.716. The first-order valence-electron chi connectivity index (χ1n) is 8.28. The maximum absolute atomic E-state index is 5.35. The second kappa shape index (κ2) is 5.60. The molecule has 0 saturated carbocycles. The molecule has 2 aliphatic rings. The summed E-state index contributed by atoms with van der Waals surface area (Å²) in [6.45, 7) is 11.5. The maximum atomic E-state index is 5.35. The van der Waals surface area contributed by atoms with Gasteiger partial charge >= 0.3 is 0 Å². The summed E-state index contributed by atoms with van der Waals surface area (Å²) in [5, 5.41) is 3.98. The lowest BCUT2D eigenvalue weighted by molar-refractivity contribution is 0.260. The Morgan fingerprint density at radius 2 is 1.83 bits per heavy atom. The number of nitrogens with zero attached hydrogens (tertiary/aromatic N) is 5. The molecule has 0 spiro atoms. The van der Waals surface area contributed by atoms with Crippen molar-refractivity contribution in [2.45, 2.75) is 27.3 Å². The number of aromatic nitrogens is 3. The number of aryl methyl sites for hydroxylation is 2. The Morgan fingerprint density at radius 3 is 2.48 bits per heavy atom. The fourth-order valence-electron chi connectivity index (χ4n) is 3.95. The van der Waals surface area contributed by atoms with Crippen LogP contribution in [0.2, 0.25) is 0 Å². The molecule has 2 unspecified atom stereocenters. The van der Waals surface area contributed by atoms with Crippen molar-refractivity contribution in [1.29, 1.82) is 0 Å². The SMILES string of the molecule is Cc1cc(CN2CC3CN(c4ncnc(C)c4C)CC3C2)on1. The first kappa shape index (κ1) is 14.6. The molecule has 6 nitrogen and oxygen atoms in total. The Labute approximate surface area is 136 Å². The Bertz CT molecular complexity index is 699. The van der Waals surface area contributed by atoms with Crippen LogP contribution >= 0.6 is 0 Å². The van der Waals surface area contributed by atoms with Gasteiger partial charge in [-0.3, -0.25) is 4.90 Å². The van der Waals surface area contributed by atoms with Crippen LogP contribution < -0.4 is 4.90 Å². The van der Waals surface area contributed by atoms with Crippen LogP contribution in [0.5, 0.6) is 0 Å². The van der Waals surface area contributed by atoms with E-state index in [0.29, 0.717) is 11.8 Å². The van der Waals surface area contributed by atoms with Crippen LogP contribution in [-0.2, 0) is 6.54 Å². The fraction of sp³-hybridized carbons (Fsp3) is 0.588. The summed E-state index contributed by atoms with van der Waals surface area (Å²) in [5.74, 6) is 3.52. The molecule has 0 aromatic carbocycles. The normalized spacial score (nSPS) is 24.4. The molecule has 0 aliphatic carbocycles. The van der Waals surface area contributed by atoms with Crippen molar-refractivity contribution in [1.82, 2.24) is 20.0 Å². The van der Waals surface area contributed by atoms with Gasteiger partial charge in [-0.1, -0.05) is 5.16 Å². The van der Waals surface area contributed by atoms with Crippen molar-refractivity contribution in [3.63, 3.8) is 0 Å². The van der Waals surface area contributed by atoms with Gasteiger partial charge in [0.25, 0.3) is 0 Å². The van der Waals surface area contributed by atoms with E-state index in [0.717, 1.165) is 55.7 Å². The molecule has 4 rings (SSSR count). The summed E-state index contributed by atoms with van der Waals surface area (Å²) in [6.07, 6.45) is 1.68. The average molecular weight is 313 g/mol. The van der Waals surface area contributed by atoms with Crippen LogP contribution in [0, 0.1) is 32.6 Å². The molecule has 2 aliphatic heterocycles. The van der Waals surface area contributed by atoms with Crippen LogP contribution in [0.4, 0.5) is 5.82 Å². The molecule has 2 fully saturated rings. The number of anilines is 1. The lowest BCUT2D eigenvalue weighted by Gasteiger charge is -2.23. The summed E-state index contributed by atoms with van der Waals surface area (Å²) < 4.78 is 5.35. The van der Waals surface area contributed by atoms with E-state index in [2.05, 4.69) is 38.8 Å². The molecular formula is C17H23N5O. The number of fused-ring (bicyclic) bond motifs is 1. The lowest BCUT2D eigenvalue weighted by atomic mass is 10.0. The third kappa shape index (κ3) is 2.72. The van der Waals surface area contributed by atoms with Crippen molar-refractivity contribution in [3.05, 3.63) is 35.1 Å². The monoisotopic (exact) mass is 313 g/mol. The summed E-state index contributed by atoms with van der Waals surface area (Å²) in [7, 11) is 0. The Kier molecular flexibility index (Phi) is 3.56. The van der Waals surface area contributed by atoms with E-state index >= 15 is 0 Å². The third-order valence-electron chi connectivity index (χ3n) is 5.23. The van der Waals surface area contributed by atoms with E-state index in [1.54, 1.807) is 6.33 Å². The number of rotatable bonds is 3. The van der Waals surface area contributed by atoms with Gasteiger partial charge < -0.3 is 9.42 Å². The highest BCUT2D eigenvalue weighted by Crippen LogP contribution is 2.35. The molecule has 2 saturated heterocycles. The van der Waals surface area contributed by atoms with Gasteiger partial charge in [-0.2, -0.15) is 0 Å². The highest BCUT2D eigenvalue weighted by molar-refractivity contribution is 5.48. The highest BCUT2D eigenvalue weighted by Gasteiger charge is 2.40. The molecule has 0 N–H and O–H groups in total. The summed E-state index contributed by atoms with van der Waals surface area (Å²) in [6, 6.07) is 2.04. The minimum Gasteiger partial charge on any atom is -0.360 e. The summed E-state index contributed by atoms with van der Waals surface area (Å²) in [4.78, 5) is 13.7. The zero-order valence-corrected chi connectivity index (χ0v) is 14.0. The largest absolute Gasteiger partial charge is 0.360 e. The van der Waals surface area contributed by atoms with Gasteiger partial charge in [0.2, 0.25) is 0 Å².